The molecule has 3 aromatic rings. The van der Waals surface area contributed by atoms with Crippen molar-refractivity contribution in [1.82, 2.24) is 4.98 Å². The minimum atomic E-state index is -0.462. The van der Waals surface area contributed by atoms with Crippen molar-refractivity contribution in [2.45, 2.75) is 6.42 Å². The summed E-state index contributed by atoms with van der Waals surface area (Å²) in [4.78, 5) is 16.4. The SMILES string of the molecule is O=C(Cc1ccc(Cl)cc1F)c1cnc2ccsc2c1. The van der Waals surface area contributed by atoms with Crippen LogP contribution in [0.3, 0.4) is 0 Å². The molecule has 5 heteroatoms. The van der Waals surface area contributed by atoms with Gasteiger partial charge in [-0.15, -0.1) is 11.3 Å². The Morgan fingerprint density at radius 2 is 2.15 bits per heavy atom. The molecule has 0 saturated carbocycles. The van der Waals surface area contributed by atoms with E-state index >= 15 is 0 Å². The standard InChI is InChI=1S/C15H9ClFNOS/c16-11-2-1-9(12(17)7-11)5-14(19)10-6-15-13(18-8-10)3-4-20-15/h1-4,6-8H,5H2. The number of benzene rings is 1. The Hall–Kier alpha value is -1.78. The van der Waals surface area contributed by atoms with Crippen molar-refractivity contribution in [1.29, 1.82) is 0 Å². The number of carbonyl (C=O) groups is 1. The molecule has 2 nitrogen and oxygen atoms in total. The van der Waals surface area contributed by atoms with Gasteiger partial charge in [-0.05, 0) is 35.2 Å². The fraction of sp³-hybridized carbons (Fsp3) is 0.0667. The van der Waals surface area contributed by atoms with E-state index in [0.717, 1.165) is 10.2 Å². The Balaban J connectivity index is 1.88. The number of pyridine rings is 1. The van der Waals surface area contributed by atoms with Crippen molar-refractivity contribution in [3.05, 3.63) is 63.9 Å². The maximum absolute atomic E-state index is 13.7. The lowest BCUT2D eigenvalue weighted by Gasteiger charge is -2.03. The van der Waals surface area contributed by atoms with Crippen molar-refractivity contribution in [2.75, 3.05) is 0 Å². The molecular weight excluding hydrogens is 297 g/mol. The van der Waals surface area contributed by atoms with Crippen LogP contribution >= 0.6 is 22.9 Å². The highest BCUT2D eigenvalue weighted by atomic mass is 35.5. The van der Waals surface area contributed by atoms with Crippen molar-refractivity contribution >= 4 is 38.9 Å². The first-order valence-corrected chi connectivity index (χ1v) is 7.19. The maximum atomic E-state index is 13.7. The van der Waals surface area contributed by atoms with Gasteiger partial charge in [-0.3, -0.25) is 9.78 Å². The van der Waals surface area contributed by atoms with Gasteiger partial charge in [-0.1, -0.05) is 17.7 Å². The molecule has 0 atom stereocenters. The number of Topliss-reactive ketones (excluding diaryl/α,β-unsaturated/α-hetero) is 1. The minimum Gasteiger partial charge on any atom is -0.294 e. The van der Waals surface area contributed by atoms with Crippen LogP contribution in [0.25, 0.3) is 10.2 Å². The molecule has 3 rings (SSSR count). The molecule has 0 unspecified atom stereocenters. The highest BCUT2D eigenvalue weighted by Crippen LogP contribution is 2.21. The van der Waals surface area contributed by atoms with Gasteiger partial charge in [0.2, 0.25) is 0 Å². The summed E-state index contributed by atoms with van der Waals surface area (Å²) in [7, 11) is 0. The number of halogens is 2. The summed E-state index contributed by atoms with van der Waals surface area (Å²) in [6.45, 7) is 0. The first-order chi connectivity index (χ1) is 9.63. The zero-order valence-electron chi connectivity index (χ0n) is 10.3. The van der Waals surface area contributed by atoms with Gasteiger partial charge in [0.15, 0.2) is 5.78 Å². The molecule has 0 amide bonds. The lowest BCUT2D eigenvalue weighted by Crippen LogP contribution is -2.05. The topological polar surface area (TPSA) is 30.0 Å². The van der Waals surface area contributed by atoms with E-state index in [2.05, 4.69) is 4.98 Å². The van der Waals surface area contributed by atoms with Crippen molar-refractivity contribution in [2.24, 2.45) is 0 Å². The smallest absolute Gasteiger partial charge is 0.168 e. The average molecular weight is 306 g/mol. The van der Waals surface area contributed by atoms with E-state index in [1.807, 2.05) is 11.4 Å². The van der Waals surface area contributed by atoms with E-state index < -0.39 is 5.82 Å². The van der Waals surface area contributed by atoms with Crippen LogP contribution < -0.4 is 0 Å². The predicted octanol–water partition coefficient (Wildman–Crippen LogP) is 4.51. The number of nitrogens with zero attached hydrogens (tertiary/aromatic N) is 1. The van der Waals surface area contributed by atoms with E-state index in [1.165, 1.54) is 29.7 Å². The Morgan fingerprint density at radius 3 is 2.95 bits per heavy atom. The van der Waals surface area contributed by atoms with Gasteiger partial charge in [0.25, 0.3) is 0 Å². The molecule has 0 N–H and O–H groups in total. The van der Waals surface area contributed by atoms with E-state index in [-0.39, 0.29) is 12.2 Å². The van der Waals surface area contributed by atoms with Gasteiger partial charge in [-0.2, -0.15) is 0 Å². The summed E-state index contributed by atoms with van der Waals surface area (Å²) >= 11 is 7.21. The Bertz CT molecular complexity index is 799. The summed E-state index contributed by atoms with van der Waals surface area (Å²) in [5.41, 5.74) is 1.70. The number of hydrogen-bond acceptors (Lipinski definition) is 3. The quantitative estimate of drug-likeness (QED) is 0.666. The van der Waals surface area contributed by atoms with Crippen LogP contribution in [0.5, 0.6) is 0 Å². The molecule has 100 valence electrons. The van der Waals surface area contributed by atoms with Crippen molar-refractivity contribution < 1.29 is 9.18 Å². The number of rotatable bonds is 3. The first kappa shape index (κ1) is 13.2. The van der Waals surface area contributed by atoms with Crippen LogP contribution in [0.15, 0.2) is 41.9 Å². The van der Waals surface area contributed by atoms with Crippen LogP contribution in [0.2, 0.25) is 5.02 Å². The van der Waals surface area contributed by atoms with Gasteiger partial charge < -0.3 is 0 Å². The predicted molar refractivity (Wildman–Crippen MR) is 79.1 cm³/mol. The van der Waals surface area contributed by atoms with Gasteiger partial charge >= 0.3 is 0 Å². The highest BCUT2D eigenvalue weighted by molar-refractivity contribution is 7.17. The second-order valence-corrected chi connectivity index (χ2v) is 5.75. The molecule has 0 aliphatic heterocycles. The van der Waals surface area contributed by atoms with Crippen LogP contribution in [-0.2, 0) is 6.42 Å². The summed E-state index contributed by atoms with van der Waals surface area (Å²) in [6, 6.07) is 8.02. The number of carbonyl (C=O) groups excluding carboxylic acids is 1. The third-order valence-corrected chi connectivity index (χ3v) is 4.08. The van der Waals surface area contributed by atoms with Crippen LogP contribution in [0, 0.1) is 5.82 Å². The number of hydrogen-bond donors (Lipinski definition) is 0. The number of fused-ring (bicyclic) bond motifs is 1. The van der Waals surface area contributed by atoms with E-state index in [9.17, 15) is 9.18 Å². The lowest BCUT2D eigenvalue weighted by molar-refractivity contribution is 0.0991. The second kappa shape index (κ2) is 5.31. The van der Waals surface area contributed by atoms with Crippen LogP contribution in [0.4, 0.5) is 4.39 Å². The molecule has 1 aromatic carbocycles. The summed E-state index contributed by atoms with van der Waals surface area (Å²) in [6.07, 6.45) is 1.53. The van der Waals surface area contributed by atoms with Crippen molar-refractivity contribution in [3.63, 3.8) is 0 Å². The zero-order valence-corrected chi connectivity index (χ0v) is 11.8. The molecule has 0 aliphatic rings. The highest BCUT2D eigenvalue weighted by Gasteiger charge is 2.12. The summed E-state index contributed by atoms with van der Waals surface area (Å²) < 4.78 is 14.6. The zero-order chi connectivity index (χ0) is 14.1. The third-order valence-electron chi connectivity index (χ3n) is 2.99. The molecule has 0 radical (unpaired) electrons. The minimum absolute atomic E-state index is 0.00155. The maximum Gasteiger partial charge on any atom is 0.168 e. The average Bonchev–Trinajstić information content (AvgIpc) is 2.89. The second-order valence-electron chi connectivity index (χ2n) is 4.36. The Kier molecular flexibility index (Phi) is 3.51. The monoisotopic (exact) mass is 305 g/mol. The number of ketones is 1. The summed E-state index contributed by atoms with van der Waals surface area (Å²) in [5, 5.41) is 2.24. The molecule has 0 bridgehead atoms. The van der Waals surface area contributed by atoms with Crippen LogP contribution in [0.1, 0.15) is 15.9 Å². The Labute approximate surface area is 123 Å². The number of aromatic nitrogens is 1. The van der Waals surface area contributed by atoms with Gasteiger partial charge in [0, 0.05) is 23.2 Å². The van der Waals surface area contributed by atoms with Crippen molar-refractivity contribution in [3.8, 4) is 0 Å². The van der Waals surface area contributed by atoms with Gasteiger partial charge in [0.1, 0.15) is 5.82 Å². The fourth-order valence-corrected chi connectivity index (χ4v) is 2.88. The molecule has 0 saturated heterocycles. The number of thiophene rings is 1. The lowest BCUT2D eigenvalue weighted by atomic mass is 10.0. The summed E-state index contributed by atoms with van der Waals surface area (Å²) in [5.74, 6) is -0.620. The molecule has 0 spiro atoms. The largest absolute Gasteiger partial charge is 0.294 e. The van der Waals surface area contributed by atoms with E-state index in [0.29, 0.717) is 16.1 Å². The van der Waals surface area contributed by atoms with Gasteiger partial charge in [0.05, 0.1) is 10.2 Å². The third kappa shape index (κ3) is 2.57. The molecule has 0 fully saturated rings. The molecular formula is C15H9ClFNOS. The fourth-order valence-electron chi connectivity index (χ4n) is 1.94. The van der Waals surface area contributed by atoms with E-state index in [1.54, 1.807) is 12.1 Å². The molecule has 20 heavy (non-hydrogen) atoms. The molecule has 2 aromatic heterocycles. The molecule has 0 aliphatic carbocycles. The Morgan fingerprint density at radius 1 is 1.30 bits per heavy atom. The van der Waals surface area contributed by atoms with Crippen LogP contribution in [-0.4, -0.2) is 10.8 Å². The normalized spacial score (nSPS) is 10.9. The first-order valence-electron chi connectivity index (χ1n) is 5.94. The molecule has 2 heterocycles. The van der Waals surface area contributed by atoms with E-state index in [4.69, 9.17) is 11.6 Å². The van der Waals surface area contributed by atoms with Gasteiger partial charge in [-0.25, -0.2) is 4.39 Å².